The maximum Gasteiger partial charge on any atom is 0.190 e. The van der Waals surface area contributed by atoms with E-state index in [1.807, 2.05) is 26.0 Å². The second kappa shape index (κ2) is 6.74. The summed E-state index contributed by atoms with van der Waals surface area (Å²) in [6, 6.07) is 6.88. The van der Waals surface area contributed by atoms with E-state index in [1.165, 1.54) is 0 Å². The molecule has 0 amide bonds. The maximum absolute atomic E-state index is 12.0. The van der Waals surface area contributed by atoms with E-state index in [9.17, 15) is 13.5 Å². The van der Waals surface area contributed by atoms with Crippen LogP contribution in [0.3, 0.4) is 0 Å². The van der Waals surface area contributed by atoms with Crippen LogP contribution in [0, 0.1) is 6.92 Å². The lowest BCUT2D eigenvalue weighted by atomic mass is 10.2. The van der Waals surface area contributed by atoms with Crippen molar-refractivity contribution in [3.8, 4) is 0 Å². The predicted octanol–water partition coefficient (Wildman–Crippen LogP) is 2.13. The van der Waals surface area contributed by atoms with Gasteiger partial charge in [-0.2, -0.15) is 0 Å². The minimum absolute atomic E-state index is 0.0854. The van der Waals surface area contributed by atoms with Gasteiger partial charge in [-0.25, -0.2) is 8.42 Å². The molecule has 0 spiro atoms. The molecule has 21 heavy (non-hydrogen) atoms. The Labute approximate surface area is 128 Å². The van der Waals surface area contributed by atoms with Gasteiger partial charge in [-0.05, 0) is 37.4 Å². The third kappa shape index (κ3) is 4.41. The Bertz CT molecular complexity index is 661. The van der Waals surface area contributed by atoms with E-state index >= 15 is 0 Å². The number of hydrogen-bond acceptors (Lipinski definition) is 6. The van der Waals surface area contributed by atoms with Gasteiger partial charge in [-0.1, -0.05) is 6.07 Å². The first-order valence-corrected chi connectivity index (χ1v) is 9.16. The molecule has 0 aromatic carbocycles. The number of thiophene rings is 1. The summed E-state index contributed by atoms with van der Waals surface area (Å²) in [5.74, 6) is 1.30. The molecule has 2 unspecified atom stereocenters. The summed E-state index contributed by atoms with van der Waals surface area (Å²) in [5, 5.41) is 14.7. The van der Waals surface area contributed by atoms with Crippen LogP contribution in [-0.2, 0) is 9.84 Å². The van der Waals surface area contributed by atoms with Crippen LogP contribution in [0.25, 0.3) is 0 Å². The van der Waals surface area contributed by atoms with Gasteiger partial charge in [0, 0.05) is 6.54 Å². The van der Waals surface area contributed by atoms with Crippen LogP contribution < -0.4 is 5.32 Å². The number of aliphatic hydroxyl groups excluding tert-OH is 1. The normalized spacial score (nSPS) is 15.0. The van der Waals surface area contributed by atoms with Crippen molar-refractivity contribution < 1.29 is 17.9 Å². The number of rotatable bonds is 7. The van der Waals surface area contributed by atoms with E-state index in [2.05, 4.69) is 5.32 Å². The number of hydrogen-bond donors (Lipinski definition) is 2. The molecule has 2 rings (SSSR count). The third-order valence-corrected chi connectivity index (χ3v) is 6.35. The molecule has 0 radical (unpaired) electrons. The van der Waals surface area contributed by atoms with Gasteiger partial charge < -0.3 is 14.8 Å². The van der Waals surface area contributed by atoms with Crippen LogP contribution in [0.2, 0.25) is 0 Å². The molecular formula is C14H19NO4S2. The average molecular weight is 329 g/mol. The summed E-state index contributed by atoms with van der Waals surface area (Å²) in [6.07, 6.45) is -0.962. The summed E-state index contributed by atoms with van der Waals surface area (Å²) in [5.41, 5.74) is 0. The van der Waals surface area contributed by atoms with Gasteiger partial charge in [-0.15, -0.1) is 11.3 Å². The fourth-order valence-electron chi connectivity index (χ4n) is 1.93. The van der Waals surface area contributed by atoms with Crippen molar-refractivity contribution in [2.75, 3.05) is 12.3 Å². The van der Waals surface area contributed by atoms with Crippen molar-refractivity contribution in [2.24, 2.45) is 0 Å². The highest BCUT2D eigenvalue weighted by atomic mass is 32.2. The quantitative estimate of drug-likeness (QED) is 0.813. The number of sulfone groups is 1. The molecule has 116 valence electrons. The Kier molecular flexibility index (Phi) is 5.21. The molecule has 0 bridgehead atoms. The molecule has 0 saturated carbocycles. The minimum atomic E-state index is -3.42. The zero-order valence-corrected chi connectivity index (χ0v) is 13.6. The van der Waals surface area contributed by atoms with Crippen LogP contribution in [-0.4, -0.2) is 31.9 Å². The van der Waals surface area contributed by atoms with Gasteiger partial charge in [0.05, 0.1) is 17.9 Å². The van der Waals surface area contributed by atoms with E-state index in [1.54, 1.807) is 17.5 Å². The number of furan rings is 1. The van der Waals surface area contributed by atoms with Crippen LogP contribution in [0.4, 0.5) is 0 Å². The Hall–Kier alpha value is -1.15. The smallest absolute Gasteiger partial charge is 0.190 e. The molecule has 2 atom stereocenters. The van der Waals surface area contributed by atoms with Gasteiger partial charge >= 0.3 is 0 Å². The molecule has 2 aromatic heterocycles. The third-order valence-electron chi connectivity index (χ3n) is 3.06. The molecule has 2 N–H and O–H groups in total. The zero-order chi connectivity index (χ0) is 15.5. The van der Waals surface area contributed by atoms with Crippen molar-refractivity contribution in [3.05, 3.63) is 41.2 Å². The van der Waals surface area contributed by atoms with Crippen molar-refractivity contribution in [1.82, 2.24) is 5.32 Å². The lowest BCUT2D eigenvalue weighted by Gasteiger charge is -2.15. The Balaban J connectivity index is 1.86. The molecule has 2 heterocycles. The Morgan fingerprint density at radius 1 is 1.38 bits per heavy atom. The van der Waals surface area contributed by atoms with Crippen LogP contribution in [0.15, 0.2) is 38.3 Å². The highest BCUT2D eigenvalue weighted by Gasteiger charge is 2.21. The average Bonchev–Trinajstić information content (AvgIpc) is 3.06. The maximum atomic E-state index is 12.0. The summed E-state index contributed by atoms with van der Waals surface area (Å²) in [4.78, 5) is 0. The first-order chi connectivity index (χ1) is 9.88. The molecule has 0 aliphatic rings. The fourth-order valence-corrected chi connectivity index (χ4v) is 4.41. The first kappa shape index (κ1) is 16.2. The molecule has 7 heteroatoms. The summed E-state index contributed by atoms with van der Waals surface area (Å²) >= 11 is 1.16. The topological polar surface area (TPSA) is 79.5 Å². The van der Waals surface area contributed by atoms with E-state index in [0.717, 1.165) is 22.9 Å². The van der Waals surface area contributed by atoms with E-state index in [-0.39, 0.29) is 22.5 Å². The van der Waals surface area contributed by atoms with Gasteiger partial charge in [0.15, 0.2) is 9.84 Å². The van der Waals surface area contributed by atoms with Crippen LogP contribution >= 0.6 is 11.3 Å². The Morgan fingerprint density at radius 3 is 2.71 bits per heavy atom. The summed E-state index contributed by atoms with van der Waals surface area (Å²) in [7, 11) is -3.42. The van der Waals surface area contributed by atoms with Crippen molar-refractivity contribution in [3.63, 3.8) is 0 Å². The fraction of sp³-hybridized carbons (Fsp3) is 0.429. The molecule has 2 aromatic rings. The van der Waals surface area contributed by atoms with Gasteiger partial charge in [-0.3, -0.25) is 0 Å². The zero-order valence-electron chi connectivity index (χ0n) is 11.9. The molecule has 5 nitrogen and oxygen atoms in total. The van der Waals surface area contributed by atoms with Gasteiger partial charge in [0.1, 0.15) is 15.7 Å². The van der Waals surface area contributed by atoms with Crippen molar-refractivity contribution in [2.45, 2.75) is 30.2 Å². The van der Waals surface area contributed by atoms with Gasteiger partial charge in [0.2, 0.25) is 0 Å². The number of aryl methyl sites for hydroxylation is 1. The van der Waals surface area contributed by atoms with Crippen molar-refractivity contribution >= 4 is 21.2 Å². The molecule has 0 saturated heterocycles. The van der Waals surface area contributed by atoms with E-state index < -0.39 is 15.9 Å². The minimum Gasteiger partial charge on any atom is -0.465 e. The molecule has 0 aliphatic heterocycles. The van der Waals surface area contributed by atoms with Gasteiger partial charge in [0.25, 0.3) is 0 Å². The summed E-state index contributed by atoms with van der Waals surface area (Å²) in [6.45, 7) is 3.95. The first-order valence-electron chi connectivity index (χ1n) is 6.62. The predicted molar refractivity (Wildman–Crippen MR) is 82.2 cm³/mol. The SMILES string of the molecule is Cc1ccc(C(C)NCC(O)CS(=O)(=O)c2cccs2)o1. The number of nitrogens with one attached hydrogen (secondary N) is 1. The standard InChI is InChI=1S/C14H19NO4S2/c1-10-5-6-13(19-10)11(2)15-8-12(16)9-21(17,18)14-4-3-7-20-14/h3-7,11-12,15-16H,8-9H2,1-2H3. The van der Waals surface area contributed by atoms with Crippen LogP contribution in [0.1, 0.15) is 24.5 Å². The largest absolute Gasteiger partial charge is 0.465 e. The molecule has 0 aliphatic carbocycles. The van der Waals surface area contributed by atoms with Crippen LogP contribution in [0.5, 0.6) is 0 Å². The van der Waals surface area contributed by atoms with Crippen molar-refractivity contribution in [1.29, 1.82) is 0 Å². The highest BCUT2D eigenvalue weighted by molar-refractivity contribution is 7.93. The second-order valence-corrected chi connectivity index (χ2v) is 8.15. The lowest BCUT2D eigenvalue weighted by molar-refractivity contribution is 0.187. The lowest BCUT2D eigenvalue weighted by Crippen LogP contribution is -2.33. The summed E-state index contributed by atoms with van der Waals surface area (Å²) < 4.78 is 29.8. The molecule has 0 fully saturated rings. The highest BCUT2D eigenvalue weighted by Crippen LogP contribution is 2.19. The monoisotopic (exact) mass is 329 g/mol. The Morgan fingerprint density at radius 2 is 2.14 bits per heavy atom. The number of aliphatic hydroxyl groups is 1. The second-order valence-electron chi connectivity index (χ2n) is 4.95. The van der Waals surface area contributed by atoms with E-state index in [0.29, 0.717) is 0 Å². The molecular weight excluding hydrogens is 310 g/mol. The van der Waals surface area contributed by atoms with E-state index in [4.69, 9.17) is 4.42 Å².